The van der Waals surface area contributed by atoms with Gasteiger partial charge in [-0.3, -0.25) is 0 Å². The van der Waals surface area contributed by atoms with Crippen LogP contribution in [0.5, 0.6) is 11.5 Å². The van der Waals surface area contributed by atoms with Crippen molar-refractivity contribution in [3.8, 4) is 11.5 Å². The van der Waals surface area contributed by atoms with E-state index in [1.165, 1.54) is 31.3 Å². The number of nitrogens with zero attached hydrogens (tertiary/aromatic N) is 6. The summed E-state index contributed by atoms with van der Waals surface area (Å²) >= 11 is 1.33. The van der Waals surface area contributed by atoms with Gasteiger partial charge in [-0.05, 0) is 73.7 Å². The second-order valence-corrected chi connectivity index (χ2v) is 9.95. The van der Waals surface area contributed by atoms with E-state index in [-0.39, 0.29) is 0 Å². The van der Waals surface area contributed by atoms with Gasteiger partial charge in [0.25, 0.3) is 0 Å². The average Bonchev–Trinajstić information content (AvgIpc) is 3.50. The molecule has 0 saturated carbocycles. The lowest BCUT2D eigenvalue weighted by Gasteiger charge is -2.30. The number of anilines is 3. The topological polar surface area (TPSA) is 105 Å². The van der Waals surface area contributed by atoms with Gasteiger partial charge in [0.2, 0.25) is 17.8 Å². The summed E-state index contributed by atoms with van der Waals surface area (Å²) in [5.41, 5.74) is 3.75. The predicted molar refractivity (Wildman–Crippen MR) is 145 cm³/mol. The second-order valence-electron chi connectivity index (χ2n) is 9.00. The van der Waals surface area contributed by atoms with Gasteiger partial charge in [0, 0.05) is 26.2 Å². The van der Waals surface area contributed by atoms with Crippen molar-refractivity contribution in [1.82, 2.24) is 15.0 Å². The highest BCUT2D eigenvalue weighted by atomic mass is 32.1. The van der Waals surface area contributed by atoms with E-state index in [2.05, 4.69) is 30.3 Å². The molecule has 4 heterocycles. The van der Waals surface area contributed by atoms with Gasteiger partial charge < -0.3 is 19.3 Å². The van der Waals surface area contributed by atoms with Gasteiger partial charge in [-0.15, -0.1) is 11.3 Å². The van der Waals surface area contributed by atoms with Crippen molar-refractivity contribution in [2.75, 3.05) is 48.5 Å². The maximum atomic E-state index is 12.3. The Hall–Kier alpha value is -3.73. The fourth-order valence-corrected chi connectivity index (χ4v) is 5.03. The first-order chi connectivity index (χ1) is 18.2. The Morgan fingerprint density at radius 1 is 0.946 bits per heavy atom. The third-order valence-electron chi connectivity index (χ3n) is 6.38. The Balaban J connectivity index is 1.31. The average molecular weight is 522 g/mol. The molecule has 5 rings (SSSR count). The number of methoxy groups -OCH3 is 1. The van der Waals surface area contributed by atoms with E-state index in [0.717, 1.165) is 57.4 Å². The van der Waals surface area contributed by atoms with Crippen LogP contribution in [0.4, 0.5) is 17.8 Å². The van der Waals surface area contributed by atoms with Crippen LogP contribution in [0.15, 0.2) is 40.8 Å². The van der Waals surface area contributed by atoms with Gasteiger partial charge in [0.15, 0.2) is 11.5 Å². The lowest BCUT2D eigenvalue weighted by atomic mass is 10.1. The number of hydrogen-bond acceptors (Lipinski definition) is 11. The highest BCUT2D eigenvalue weighted by Crippen LogP contribution is 2.29. The molecule has 37 heavy (non-hydrogen) atoms. The number of nitrogens with one attached hydrogen (secondary N) is 1. The third kappa shape index (κ3) is 6.34. The first-order valence-electron chi connectivity index (χ1n) is 12.7. The van der Waals surface area contributed by atoms with Crippen LogP contribution in [0, 0.1) is 0 Å². The van der Waals surface area contributed by atoms with E-state index in [0.29, 0.717) is 34.2 Å². The molecule has 11 heteroatoms. The first-order valence-corrected chi connectivity index (χ1v) is 13.6. The summed E-state index contributed by atoms with van der Waals surface area (Å²) < 4.78 is 10.9. The fourth-order valence-electron chi connectivity index (χ4n) is 4.43. The maximum absolute atomic E-state index is 12.3. The molecule has 0 aliphatic carbocycles. The molecular weight excluding hydrogens is 490 g/mol. The van der Waals surface area contributed by atoms with Crippen LogP contribution in [-0.2, 0) is 0 Å². The molecule has 0 unspecified atom stereocenters. The lowest BCUT2D eigenvalue weighted by Crippen LogP contribution is -2.34. The van der Waals surface area contributed by atoms with E-state index in [9.17, 15) is 4.79 Å². The van der Waals surface area contributed by atoms with Gasteiger partial charge in [-0.25, -0.2) is 10.2 Å². The minimum absolute atomic E-state index is 0.348. The van der Waals surface area contributed by atoms with E-state index >= 15 is 0 Å². The smallest absolute Gasteiger partial charge is 0.353 e. The number of hydrazone groups is 1. The normalized spacial score (nSPS) is 16.1. The summed E-state index contributed by atoms with van der Waals surface area (Å²) in [7, 11) is 1.53. The Morgan fingerprint density at radius 2 is 1.62 bits per heavy atom. The number of ether oxygens (including phenoxy) is 2. The largest absolute Gasteiger partial charge is 0.493 e. The molecule has 10 nitrogen and oxygen atoms in total. The number of hydrogen-bond donors (Lipinski definition) is 1. The lowest BCUT2D eigenvalue weighted by molar-refractivity contribution is 0.0735. The monoisotopic (exact) mass is 521 g/mol. The zero-order valence-corrected chi connectivity index (χ0v) is 21.7. The van der Waals surface area contributed by atoms with Crippen molar-refractivity contribution >= 4 is 41.4 Å². The van der Waals surface area contributed by atoms with Crippen LogP contribution < -0.4 is 24.7 Å². The van der Waals surface area contributed by atoms with Crippen LogP contribution in [-0.4, -0.2) is 60.4 Å². The molecule has 1 N–H and O–H groups in total. The molecule has 0 atom stereocenters. The zero-order chi connectivity index (χ0) is 25.5. The van der Waals surface area contributed by atoms with Crippen molar-refractivity contribution < 1.29 is 14.3 Å². The SMILES string of the molecule is COc1cc(/C=N\Nc2nc(N3CCCCC3)nc(N3CCCCC3)n2)ccc1OC(=O)c1cccs1. The molecule has 2 aliphatic heterocycles. The highest BCUT2D eigenvalue weighted by Gasteiger charge is 2.20. The predicted octanol–water partition coefficient (Wildman–Crippen LogP) is 4.59. The van der Waals surface area contributed by atoms with Crippen LogP contribution >= 0.6 is 11.3 Å². The van der Waals surface area contributed by atoms with Crippen molar-refractivity contribution in [3.05, 3.63) is 46.2 Å². The van der Waals surface area contributed by atoms with Gasteiger partial charge in [0.1, 0.15) is 4.88 Å². The number of aromatic nitrogens is 3. The molecular formula is C26H31N7O3S. The van der Waals surface area contributed by atoms with Gasteiger partial charge in [-0.1, -0.05) is 6.07 Å². The second kappa shape index (κ2) is 12.0. The third-order valence-corrected chi connectivity index (χ3v) is 7.23. The minimum Gasteiger partial charge on any atom is -0.493 e. The van der Waals surface area contributed by atoms with Crippen LogP contribution in [0.3, 0.4) is 0 Å². The number of piperidine rings is 2. The van der Waals surface area contributed by atoms with E-state index in [4.69, 9.17) is 14.5 Å². The van der Waals surface area contributed by atoms with Crippen molar-refractivity contribution in [3.63, 3.8) is 0 Å². The first kappa shape index (κ1) is 24.9. The summed E-state index contributed by atoms with van der Waals surface area (Å²) in [6.45, 7) is 3.81. The van der Waals surface area contributed by atoms with Gasteiger partial charge in [-0.2, -0.15) is 20.1 Å². The molecule has 0 radical (unpaired) electrons. The van der Waals surface area contributed by atoms with E-state index in [1.807, 2.05) is 11.4 Å². The number of rotatable bonds is 8. The summed E-state index contributed by atoms with van der Waals surface area (Å²) in [5, 5.41) is 6.20. The Labute approximate surface area is 220 Å². The Kier molecular flexibility index (Phi) is 8.09. The minimum atomic E-state index is -0.416. The zero-order valence-electron chi connectivity index (χ0n) is 20.9. The summed E-state index contributed by atoms with van der Waals surface area (Å²) in [4.78, 5) is 31.4. The molecule has 194 valence electrons. The van der Waals surface area contributed by atoms with Crippen molar-refractivity contribution in [1.29, 1.82) is 0 Å². The number of carbonyl (C=O) groups excluding carboxylic acids is 1. The van der Waals surface area contributed by atoms with Crippen LogP contribution in [0.25, 0.3) is 0 Å². The number of benzene rings is 1. The molecule has 1 aromatic carbocycles. The Morgan fingerprint density at radius 3 is 2.22 bits per heavy atom. The number of esters is 1. The fraction of sp³-hybridized carbons (Fsp3) is 0.423. The number of carbonyl (C=O) groups is 1. The van der Waals surface area contributed by atoms with Gasteiger partial charge in [0.05, 0.1) is 13.3 Å². The summed E-state index contributed by atoms with van der Waals surface area (Å²) in [6.07, 6.45) is 8.71. The van der Waals surface area contributed by atoms with Crippen LogP contribution in [0.2, 0.25) is 0 Å². The molecule has 0 amide bonds. The molecule has 2 saturated heterocycles. The summed E-state index contributed by atoms with van der Waals surface area (Å²) in [6, 6.07) is 8.78. The molecule has 2 fully saturated rings. The highest BCUT2D eigenvalue weighted by molar-refractivity contribution is 7.12. The quantitative estimate of drug-likeness (QED) is 0.197. The molecule has 2 aromatic heterocycles. The van der Waals surface area contributed by atoms with Crippen LogP contribution in [0.1, 0.15) is 53.8 Å². The van der Waals surface area contributed by atoms with Crippen molar-refractivity contribution in [2.45, 2.75) is 38.5 Å². The molecule has 3 aromatic rings. The maximum Gasteiger partial charge on any atom is 0.353 e. The van der Waals surface area contributed by atoms with Gasteiger partial charge >= 0.3 is 5.97 Å². The standard InChI is InChI=1S/C26H31N7O3S/c1-35-21-17-19(10-11-20(21)36-23(34)22-9-8-16-37-22)18-27-31-24-28-25(32-12-4-2-5-13-32)30-26(29-24)33-14-6-3-7-15-33/h8-11,16-18H,2-7,12-15H2,1H3,(H,28,29,30,31)/b27-18-. The van der Waals surface area contributed by atoms with E-state index < -0.39 is 5.97 Å². The summed E-state index contributed by atoms with van der Waals surface area (Å²) in [5.74, 6) is 2.19. The Bertz CT molecular complexity index is 1190. The van der Waals surface area contributed by atoms with E-state index in [1.54, 1.807) is 30.5 Å². The number of thiophene rings is 1. The molecule has 2 aliphatic rings. The molecule has 0 spiro atoms. The van der Waals surface area contributed by atoms with Crippen molar-refractivity contribution in [2.24, 2.45) is 5.10 Å². The molecule has 0 bridgehead atoms.